The second-order valence-electron chi connectivity index (χ2n) is 14.5. The predicted molar refractivity (Wildman–Crippen MR) is 156 cm³/mol. The third kappa shape index (κ3) is 7.52. The standard InChI is InChI=1S/C17H27N.C17H28O2.K.H2O/c1-5-13-7-8-15-16(2,3)10-6-11-17(15,4)14(13)9-12-18;1-5-12-7-8-14-16(2,3)9-6-10-17(14,4)13(12)11-15(18)19;;/h15H,5-11H2,1-4H3;14H,5-11H2,1-4H3,(H,18,19);;1H2/q;;+1;/p-1. The quantitative estimate of drug-likeness (QED) is 0.291. The normalized spacial score (nSPS) is 32.7. The molecule has 216 valence electrons. The summed E-state index contributed by atoms with van der Waals surface area (Å²) in [5, 5.41) is 18.5. The summed E-state index contributed by atoms with van der Waals surface area (Å²) in [5.74, 6) is 0.766. The number of carboxylic acid groups (broad SMARTS) is 1. The zero-order valence-electron chi connectivity index (χ0n) is 26.8. The number of allylic oxidation sites excluding steroid dienone is 3. The number of nitrogens with zero attached hydrogens (tertiary/aromatic N) is 1. The van der Waals surface area contributed by atoms with Crippen molar-refractivity contribution in [1.29, 1.82) is 5.26 Å². The van der Waals surface area contributed by atoms with Crippen molar-refractivity contribution in [2.75, 3.05) is 0 Å². The maximum absolute atomic E-state index is 11.3. The number of nitriles is 1. The second-order valence-corrected chi connectivity index (χ2v) is 14.5. The fraction of sp³-hybridized carbons (Fsp3) is 0.824. The minimum absolute atomic E-state index is 0. The van der Waals surface area contributed by atoms with Crippen molar-refractivity contribution < 1.29 is 66.8 Å². The van der Waals surface area contributed by atoms with Crippen molar-refractivity contribution in [2.24, 2.45) is 33.5 Å². The van der Waals surface area contributed by atoms with Crippen LogP contribution in [0.3, 0.4) is 0 Å². The third-order valence-electron chi connectivity index (χ3n) is 11.6. The molecule has 0 aromatic carbocycles. The zero-order chi connectivity index (χ0) is 27.6. The van der Waals surface area contributed by atoms with Crippen molar-refractivity contribution in [1.82, 2.24) is 0 Å². The summed E-state index contributed by atoms with van der Waals surface area (Å²) in [7, 11) is 0. The van der Waals surface area contributed by atoms with E-state index in [-0.39, 0.29) is 68.7 Å². The van der Waals surface area contributed by atoms with Crippen molar-refractivity contribution in [3.05, 3.63) is 22.3 Å². The van der Waals surface area contributed by atoms with Gasteiger partial charge in [-0.25, -0.2) is 0 Å². The first-order chi connectivity index (χ1) is 17.3. The molecular weight excluding hydrogens is 509 g/mol. The van der Waals surface area contributed by atoms with Crippen LogP contribution in [0.1, 0.15) is 145 Å². The molecule has 39 heavy (non-hydrogen) atoms. The van der Waals surface area contributed by atoms with E-state index >= 15 is 0 Å². The fourth-order valence-corrected chi connectivity index (χ4v) is 9.80. The largest absolute Gasteiger partial charge is 1.00 e. The Morgan fingerprint density at radius 3 is 1.62 bits per heavy atom. The number of aliphatic carboxylic acids is 1. The van der Waals surface area contributed by atoms with E-state index < -0.39 is 5.97 Å². The average molecular weight is 566 g/mol. The van der Waals surface area contributed by atoms with Gasteiger partial charge in [0, 0.05) is 0 Å². The first-order valence-electron chi connectivity index (χ1n) is 15.3. The molecule has 0 saturated heterocycles. The smallest absolute Gasteiger partial charge is 0.870 e. The molecule has 0 aromatic heterocycles. The van der Waals surface area contributed by atoms with Crippen molar-refractivity contribution in [3.63, 3.8) is 0 Å². The summed E-state index contributed by atoms with van der Waals surface area (Å²) in [6.45, 7) is 18.9. The van der Waals surface area contributed by atoms with Crippen LogP contribution in [0, 0.1) is 44.8 Å². The Balaban J connectivity index is 0.000000371. The molecule has 4 aliphatic carbocycles. The van der Waals surface area contributed by atoms with Crippen LogP contribution < -0.4 is 51.4 Å². The van der Waals surface area contributed by atoms with E-state index in [1.165, 1.54) is 74.5 Å². The van der Waals surface area contributed by atoms with Gasteiger partial charge in [-0.05, 0) is 97.7 Å². The maximum atomic E-state index is 11.3. The summed E-state index contributed by atoms with van der Waals surface area (Å²) in [5.41, 5.74) is 7.04. The van der Waals surface area contributed by atoms with Gasteiger partial charge in [-0.15, -0.1) is 0 Å². The second kappa shape index (κ2) is 14.5. The van der Waals surface area contributed by atoms with Gasteiger partial charge in [0.05, 0.1) is 18.9 Å². The molecule has 4 nitrogen and oxygen atoms in total. The SMILES string of the molecule is CCC1=C(CC#N)C2(C)CCCC(C)(C)C2CC1.CCC1=C(CC(=O)O)C2(C)CCCC(C)(C)C2CC1.[K+].[OH-]. The molecule has 0 radical (unpaired) electrons. The topological polar surface area (TPSA) is 91.1 Å². The predicted octanol–water partition coefficient (Wildman–Crippen LogP) is 6.85. The number of carbonyl (C=O) groups is 1. The average Bonchev–Trinajstić information content (AvgIpc) is 2.80. The van der Waals surface area contributed by atoms with Gasteiger partial charge in [0.1, 0.15) is 0 Å². The number of fused-ring (bicyclic) bond motifs is 2. The summed E-state index contributed by atoms with van der Waals surface area (Å²) >= 11 is 0. The van der Waals surface area contributed by atoms with E-state index in [2.05, 4.69) is 61.5 Å². The molecule has 0 spiro atoms. The molecular formula is C34H56KNO3. The molecule has 4 rings (SSSR count). The minimum Gasteiger partial charge on any atom is -0.870 e. The van der Waals surface area contributed by atoms with Crippen LogP contribution in [0.2, 0.25) is 0 Å². The van der Waals surface area contributed by atoms with Crippen LogP contribution in [0.15, 0.2) is 22.3 Å². The Bertz CT molecular complexity index is 971. The van der Waals surface area contributed by atoms with E-state index in [0.717, 1.165) is 25.2 Å². The van der Waals surface area contributed by atoms with Crippen LogP contribution in [-0.4, -0.2) is 16.6 Å². The molecule has 2 N–H and O–H groups in total. The van der Waals surface area contributed by atoms with Gasteiger partial charge in [0.2, 0.25) is 0 Å². The third-order valence-corrected chi connectivity index (χ3v) is 11.6. The number of carboxylic acids is 1. The summed E-state index contributed by atoms with van der Waals surface area (Å²) in [6.07, 6.45) is 15.7. The van der Waals surface area contributed by atoms with Crippen molar-refractivity contribution in [2.45, 2.75) is 145 Å². The minimum atomic E-state index is -0.661. The van der Waals surface area contributed by atoms with Crippen LogP contribution >= 0.6 is 0 Å². The molecule has 4 unspecified atom stereocenters. The summed E-state index contributed by atoms with van der Waals surface area (Å²) in [6, 6.07) is 2.43. The Morgan fingerprint density at radius 2 is 1.23 bits per heavy atom. The monoisotopic (exact) mass is 565 g/mol. The van der Waals surface area contributed by atoms with Crippen molar-refractivity contribution in [3.8, 4) is 6.07 Å². The fourth-order valence-electron chi connectivity index (χ4n) is 9.80. The van der Waals surface area contributed by atoms with Gasteiger partial charge >= 0.3 is 57.4 Å². The summed E-state index contributed by atoms with van der Waals surface area (Å²) < 4.78 is 0. The van der Waals surface area contributed by atoms with Crippen LogP contribution in [0.4, 0.5) is 0 Å². The zero-order valence-corrected chi connectivity index (χ0v) is 29.9. The van der Waals surface area contributed by atoms with Crippen LogP contribution in [0.25, 0.3) is 0 Å². The molecule has 4 atom stereocenters. The van der Waals surface area contributed by atoms with Gasteiger partial charge < -0.3 is 10.6 Å². The molecule has 0 aromatic rings. The van der Waals surface area contributed by atoms with E-state index in [1.807, 2.05) is 0 Å². The molecule has 4 aliphatic rings. The van der Waals surface area contributed by atoms with Crippen LogP contribution in [-0.2, 0) is 4.79 Å². The molecule has 2 saturated carbocycles. The van der Waals surface area contributed by atoms with E-state index in [1.54, 1.807) is 5.57 Å². The molecule has 0 amide bonds. The van der Waals surface area contributed by atoms with E-state index in [0.29, 0.717) is 28.6 Å². The Morgan fingerprint density at radius 1 is 0.821 bits per heavy atom. The number of rotatable bonds is 5. The molecule has 5 heteroatoms. The first kappa shape index (κ1) is 37.1. The molecule has 0 bridgehead atoms. The van der Waals surface area contributed by atoms with Gasteiger partial charge in [-0.3, -0.25) is 4.79 Å². The first-order valence-corrected chi connectivity index (χ1v) is 15.3. The van der Waals surface area contributed by atoms with E-state index in [4.69, 9.17) is 0 Å². The molecule has 0 aliphatic heterocycles. The van der Waals surface area contributed by atoms with Gasteiger partial charge in [0.15, 0.2) is 0 Å². The Labute approximate surface area is 282 Å². The molecule has 0 heterocycles. The Hall–Kier alpha value is 0.0364. The van der Waals surface area contributed by atoms with Crippen LogP contribution in [0.5, 0.6) is 0 Å². The summed E-state index contributed by atoms with van der Waals surface area (Å²) in [4.78, 5) is 11.3. The molecule has 2 fully saturated rings. The van der Waals surface area contributed by atoms with Gasteiger partial charge in [0.25, 0.3) is 0 Å². The van der Waals surface area contributed by atoms with Gasteiger partial charge in [-0.2, -0.15) is 5.26 Å². The van der Waals surface area contributed by atoms with Gasteiger partial charge in [-0.1, -0.05) is 90.5 Å². The number of hydrogen-bond donors (Lipinski definition) is 1. The maximum Gasteiger partial charge on any atom is 1.00 e. The Kier molecular flexibility index (Phi) is 13.8. The van der Waals surface area contributed by atoms with E-state index in [9.17, 15) is 15.2 Å². The number of hydrogen-bond acceptors (Lipinski definition) is 3. The van der Waals surface area contributed by atoms with Crippen molar-refractivity contribution >= 4 is 5.97 Å².